The van der Waals surface area contributed by atoms with Gasteiger partial charge >= 0.3 is 0 Å². The van der Waals surface area contributed by atoms with Gasteiger partial charge in [-0.3, -0.25) is 0 Å². The van der Waals surface area contributed by atoms with Crippen LogP contribution in [0.2, 0.25) is 0 Å². The minimum atomic E-state index is 0.489. The highest BCUT2D eigenvalue weighted by molar-refractivity contribution is 5.75. The SMILES string of the molecule is CC(C)Cn1c(COc2ccc(C(C)C)cc2)nc2ccccc21. The Morgan fingerprint density at radius 1 is 0.958 bits per heavy atom. The maximum Gasteiger partial charge on any atom is 0.148 e. The lowest BCUT2D eigenvalue weighted by molar-refractivity contribution is 0.287. The van der Waals surface area contributed by atoms with E-state index in [1.807, 2.05) is 18.2 Å². The Morgan fingerprint density at radius 3 is 2.33 bits per heavy atom. The van der Waals surface area contributed by atoms with Crippen LogP contribution >= 0.6 is 0 Å². The van der Waals surface area contributed by atoms with E-state index in [1.54, 1.807) is 0 Å². The average Bonchev–Trinajstić information content (AvgIpc) is 2.90. The monoisotopic (exact) mass is 322 g/mol. The van der Waals surface area contributed by atoms with Crippen LogP contribution < -0.4 is 4.74 Å². The molecule has 0 amide bonds. The standard InChI is InChI=1S/C21H26N2O/c1-15(2)13-23-20-8-6-5-7-19(20)22-21(23)14-24-18-11-9-17(10-12-18)16(3)4/h5-12,15-16H,13-14H2,1-4H3. The van der Waals surface area contributed by atoms with Gasteiger partial charge in [0.2, 0.25) is 0 Å². The van der Waals surface area contributed by atoms with Gasteiger partial charge in [0.1, 0.15) is 18.2 Å². The van der Waals surface area contributed by atoms with E-state index >= 15 is 0 Å². The summed E-state index contributed by atoms with van der Waals surface area (Å²) in [4.78, 5) is 4.76. The van der Waals surface area contributed by atoms with Gasteiger partial charge in [-0.1, -0.05) is 52.0 Å². The molecule has 126 valence electrons. The van der Waals surface area contributed by atoms with Crippen LogP contribution in [-0.2, 0) is 13.2 Å². The Kier molecular flexibility index (Phi) is 4.89. The molecule has 0 aliphatic heterocycles. The molecule has 0 fully saturated rings. The van der Waals surface area contributed by atoms with Gasteiger partial charge < -0.3 is 9.30 Å². The Hall–Kier alpha value is -2.29. The minimum absolute atomic E-state index is 0.489. The van der Waals surface area contributed by atoms with Crippen LogP contribution in [0, 0.1) is 5.92 Å². The first-order valence-electron chi connectivity index (χ1n) is 8.71. The van der Waals surface area contributed by atoms with Gasteiger partial charge in [-0.25, -0.2) is 4.98 Å². The van der Waals surface area contributed by atoms with Crippen LogP contribution in [0.1, 0.15) is 45.0 Å². The van der Waals surface area contributed by atoms with Gasteiger partial charge in [0, 0.05) is 6.54 Å². The second-order valence-corrected chi connectivity index (χ2v) is 7.03. The highest BCUT2D eigenvalue weighted by atomic mass is 16.5. The molecule has 0 saturated heterocycles. The normalized spacial score (nSPS) is 11.6. The van der Waals surface area contributed by atoms with E-state index in [4.69, 9.17) is 9.72 Å². The number of rotatable bonds is 6. The number of ether oxygens (including phenoxy) is 1. The number of para-hydroxylation sites is 2. The largest absolute Gasteiger partial charge is 0.486 e. The second kappa shape index (κ2) is 7.08. The van der Waals surface area contributed by atoms with E-state index in [2.05, 4.69) is 62.6 Å². The number of nitrogens with zero attached hydrogens (tertiary/aromatic N) is 2. The summed E-state index contributed by atoms with van der Waals surface area (Å²) in [5, 5.41) is 0. The van der Waals surface area contributed by atoms with Crippen LogP contribution in [0.3, 0.4) is 0 Å². The smallest absolute Gasteiger partial charge is 0.148 e. The number of benzene rings is 2. The van der Waals surface area contributed by atoms with Crippen molar-refractivity contribution in [2.75, 3.05) is 0 Å². The Labute approximate surface area is 144 Å². The zero-order valence-corrected chi connectivity index (χ0v) is 15.0. The molecule has 0 atom stereocenters. The van der Waals surface area contributed by atoms with Gasteiger partial charge in [-0.15, -0.1) is 0 Å². The van der Waals surface area contributed by atoms with E-state index < -0.39 is 0 Å². The summed E-state index contributed by atoms with van der Waals surface area (Å²) in [6, 6.07) is 16.7. The number of hydrogen-bond acceptors (Lipinski definition) is 2. The lowest BCUT2D eigenvalue weighted by Gasteiger charge is -2.13. The predicted molar refractivity (Wildman–Crippen MR) is 99.4 cm³/mol. The summed E-state index contributed by atoms with van der Waals surface area (Å²) >= 11 is 0. The van der Waals surface area contributed by atoms with Crippen molar-refractivity contribution in [1.82, 2.24) is 9.55 Å². The number of imidazole rings is 1. The van der Waals surface area contributed by atoms with Crippen molar-refractivity contribution in [2.45, 2.75) is 46.8 Å². The van der Waals surface area contributed by atoms with Gasteiger partial charge in [0.15, 0.2) is 0 Å². The zero-order chi connectivity index (χ0) is 17.1. The Balaban J connectivity index is 1.81. The summed E-state index contributed by atoms with van der Waals surface area (Å²) < 4.78 is 8.28. The highest BCUT2D eigenvalue weighted by Gasteiger charge is 2.12. The summed E-state index contributed by atoms with van der Waals surface area (Å²) in [6.07, 6.45) is 0. The van der Waals surface area contributed by atoms with Crippen molar-refractivity contribution in [3.05, 3.63) is 59.9 Å². The molecule has 0 saturated carbocycles. The van der Waals surface area contributed by atoms with E-state index in [1.165, 1.54) is 11.1 Å². The first-order valence-corrected chi connectivity index (χ1v) is 8.71. The van der Waals surface area contributed by atoms with Crippen LogP contribution in [-0.4, -0.2) is 9.55 Å². The lowest BCUT2D eigenvalue weighted by Crippen LogP contribution is -2.11. The topological polar surface area (TPSA) is 27.1 Å². The third-order valence-corrected chi connectivity index (χ3v) is 4.20. The lowest BCUT2D eigenvalue weighted by atomic mass is 10.0. The number of aromatic nitrogens is 2. The van der Waals surface area contributed by atoms with E-state index in [-0.39, 0.29) is 0 Å². The van der Waals surface area contributed by atoms with Crippen molar-refractivity contribution >= 4 is 11.0 Å². The molecule has 3 nitrogen and oxygen atoms in total. The molecule has 0 radical (unpaired) electrons. The molecule has 0 unspecified atom stereocenters. The van der Waals surface area contributed by atoms with E-state index in [0.717, 1.165) is 23.6 Å². The van der Waals surface area contributed by atoms with Gasteiger partial charge in [-0.2, -0.15) is 0 Å². The predicted octanol–water partition coefficient (Wildman–Crippen LogP) is 5.39. The molecule has 2 aromatic carbocycles. The fourth-order valence-corrected chi connectivity index (χ4v) is 2.90. The maximum atomic E-state index is 6.00. The fraction of sp³-hybridized carbons (Fsp3) is 0.381. The molecular weight excluding hydrogens is 296 g/mol. The highest BCUT2D eigenvalue weighted by Crippen LogP contribution is 2.21. The van der Waals surface area contributed by atoms with Crippen molar-refractivity contribution in [3.8, 4) is 5.75 Å². The molecule has 0 aliphatic carbocycles. The van der Waals surface area contributed by atoms with Crippen molar-refractivity contribution in [3.63, 3.8) is 0 Å². The van der Waals surface area contributed by atoms with Gasteiger partial charge in [0.25, 0.3) is 0 Å². The Morgan fingerprint density at radius 2 is 1.67 bits per heavy atom. The van der Waals surface area contributed by atoms with Crippen LogP contribution in [0.4, 0.5) is 0 Å². The molecular formula is C21H26N2O. The molecule has 1 aromatic heterocycles. The molecule has 3 aromatic rings. The summed E-state index contributed by atoms with van der Waals surface area (Å²) in [7, 11) is 0. The van der Waals surface area contributed by atoms with Crippen molar-refractivity contribution in [1.29, 1.82) is 0 Å². The zero-order valence-electron chi connectivity index (χ0n) is 15.0. The fourth-order valence-electron chi connectivity index (χ4n) is 2.90. The summed E-state index contributed by atoms with van der Waals surface area (Å²) in [6.45, 7) is 10.3. The van der Waals surface area contributed by atoms with Gasteiger partial charge in [0.05, 0.1) is 11.0 Å². The summed E-state index contributed by atoms with van der Waals surface area (Å²) in [5.74, 6) is 2.97. The van der Waals surface area contributed by atoms with Crippen LogP contribution in [0.15, 0.2) is 48.5 Å². The molecule has 0 bridgehead atoms. The molecule has 0 N–H and O–H groups in total. The summed E-state index contributed by atoms with van der Waals surface area (Å²) in [5.41, 5.74) is 3.54. The van der Waals surface area contributed by atoms with E-state index in [0.29, 0.717) is 18.4 Å². The van der Waals surface area contributed by atoms with Crippen molar-refractivity contribution in [2.24, 2.45) is 5.92 Å². The maximum absolute atomic E-state index is 6.00. The molecule has 0 spiro atoms. The second-order valence-electron chi connectivity index (χ2n) is 7.03. The van der Waals surface area contributed by atoms with Gasteiger partial charge in [-0.05, 0) is 41.7 Å². The average molecular weight is 322 g/mol. The molecule has 3 rings (SSSR count). The molecule has 1 heterocycles. The molecule has 24 heavy (non-hydrogen) atoms. The van der Waals surface area contributed by atoms with Crippen LogP contribution in [0.25, 0.3) is 11.0 Å². The molecule has 0 aliphatic rings. The minimum Gasteiger partial charge on any atom is -0.486 e. The first-order chi connectivity index (χ1) is 11.5. The van der Waals surface area contributed by atoms with Crippen molar-refractivity contribution < 1.29 is 4.74 Å². The molecule has 3 heteroatoms. The third kappa shape index (κ3) is 3.61. The number of fused-ring (bicyclic) bond motifs is 1. The third-order valence-electron chi connectivity index (χ3n) is 4.20. The van der Waals surface area contributed by atoms with Crippen LogP contribution in [0.5, 0.6) is 5.75 Å². The Bertz CT molecular complexity index is 800. The number of hydrogen-bond donors (Lipinski definition) is 0. The first kappa shape index (κ1) is 16.6. The van der Waals surface area contributed by atoms with E-state index in [9.17, 15) is 0 Å². The quantitative estimate of drug-likeness (QED) is 0.608.